The first-order chi connectivity index (χ1) is 9.58. The molecule has 0 atom stereocenters. The second-order valence-corrected chi connectivity index (χ2v) is 5.05. The van der Waals surface area contributed by atoms with Crippen LogP contribution >= 0.6 is 11.6 Å². The Morgan fingerprint density at radius 2 is 2.10 bits per heavy atom. The first kappa shape index (κ1) is 16.9. The number of hydrogen-bond acceptors (Lipinski definition) is 4. The van der Waals surface area contributed by atoms with Crippen molar-refractivity contribution in [2.75, 3.05) is 26.2 Å². The van der Waals surface area contributed by atoms with Crippen LogP contribution in [-0.4, -0.2) is 36.0 Å². The number of benzene rings is 1. The van der Waals surface area contributed by atoms with Gasteiger partial charge in [0.2, 0.25) is 0 Å². The Morgan fingerprint density at radius 3 is 2.65 bits per heavy atom. The van der Waals surface area contributed by atoms with E-state index in [4.69, 9.17) is 11.6 Å². The zero-order chi connectivity index (χ0) is 15.0. The molecule has 0 saturated heterocycles. The van der Waals surface area contributed by atoms with Gasteiger partial charge in [-0.05, 0) is 31.1 Å². The summed E-state index contributed by atoms with van der Waals surface area (Å²) in [7, 11) is 0. The summed E-state index contributed by atoms with van der Waals surface area (Å²) in [4.78, 5) is 12.6. The quantitative estimate of drug-likeness (QED) is 0.432. The molecule has 112 valence electrons. The van der Waals surface area contributed by atoms with Crippen LogP contribution in [0.1, 0.15) is 25.8 Å². The molecule has 20 heavy (non-hydrogen) atoms. The summed E-state index contributed by atoms with van der Waals surface area (Å²) in [6.45, 7) is 8.98. The Hall–Kier alpha value is -1.17. The summed E-state index contributed by atoms with van der Waals surface area (Å²) in [5.41, 5.74) is 0.912. The van der Waals surface area contributed by atoms with E-state index >= 15 is 0 Å². The fourth-order valence-corrected chi connectivity index (χ4v) is 2.24. The van der Waals surface area contributed by atoms with Crippen LogP contribution in [-0.2, 0) is 6.54 Å². The molecule has 5 nitrogen and oxygen atoms in total. The minimum Gasteiger partial charge on any atom is -0.311 e. The molecule has 0 saturated carbocycles. The topological polar surface area (TPSA) is 58.4 Å². The van der Waals surface area contributed by atoms with Gasteiger partial charge in [0.1, 0.15) is 0 Å². The molecule has 1 N–H and O–H groups in total. The van der Waals surface area contributed by atoms with Gasteiger partial charge >= 0.3 is 0 Å². The Morgan fingerprint density at radius 1 is 1.35 bits per heavy atom. The summed E-state index contributed by atoms with van der Waals surface area (Å²) in [5, 5.41) is 14.4. The van der Waals surface area contributed by atoms with Gasteiger partial charge < -0.3 is 10.2 Å². The molecule has 0 unspecified atom stereocenters. The van der Waals surface area contributed by atoms with Crippen LogP contribution in [0.4, 0.5) is 5.69 Å². The summed E-state index contributed by atoms with van der Waals surface area (Å²) in [5.74, 6) is 0. The SMILES string of the molecule is CCCN(CC)CCNCc1ccc([N+](=O)[O-])cc1Cl. The second kappa shape index (κ2) is 8.89. The molecule has 0 amide bonds. The van der Waals surface area contributed by atoms with Gasteiger partial charge in [-0.15, -0.1) is 0 Å². The Balaban J connectivity index is 2.40. The molecular formula is C14H22ClN3O2. The summed E-state index contributed by atoms with van der Waals surface area (Å²) < 4.78 is 0. The fourth-order valence-electron chi connectivity index (χ4n) is 2.00. The number of rotatable bonds is 9. The standard InChI is InChI=1S/C14H22ClN3O2/c1-3-8-17(4-2)9-7-16-11-12-5-6-13(18(19)20)10-14(12)15/h5-6,10,16H,3-4,7-9,11H2,1-2H3. The highest BCUT2D eigenvalue weighted by Gasteiger charge is 2.09. The van der Waals surface area contributed by atoms with E-state index in [0.29, 0.717) is 11.6 Å². The number of nitro benzene ring substituents is 1. The van der Waals surface area contributed by atoms with Gasteiger partial charge in [0.25, 0.3) is 5.69 Å². The minimum absolute atomic E-state index is 0.0267. The highest BCUT2D eigenvalue weighted by atomic mass is 35.5. The molecule has 0 aliphatic carbocycles. The predicted molar refractivity (Wildman–Crippen MR) is 82.2 cm³/mol. The monoisotopic (exact) mass is 299 g/mol. The average Bonchev–Trinajstić information content (AvgIpc) is 2.43. The number of hydrogen-bond donors (Lipinski definition) is 1. The van der Waals surface area contributed by atoms with Gasteiger partial charge in [0.15, 0.2) is 0 Å². The van der Waals surface area contributed by atoms with Crippen LogP contribution in [0.5, 0.6) is 0 Å². The summed E-state index contributed by atoms with van der Waals surface area (Å²) in [6.07, 6.45) is 1.15. The number of nitrogens with one attached hydrogen (secondary N) is 1. The molecule has 0 bridgehead atoms. The minimum atomic E-state index is -0.438. The molecule has 0 aliphatic heterocycles. The van der Waals surface area contributed by atoms with Crippen LogP contribution in [0.25, 0.3) is 0 Å². The highest BCUT2D eigenvalue weighted by Crippen LogP contribution is 2.22. The molecule has 1 aromatic rings. The van der Waals surface area contributed by atoms with Crippen molar-refractivity contribution in [1.29, 1.82) is 0 Å². The lowest BCUT2D eigenvalue weighted by atomic mass is 10.2. The summed E-state index contributed by atoms with van der Waals surface area (Å²) in [6, 6.07) is 4.59. The second-order valence-electron chi connectivity index (χ2n) is 4.64. The lowest BCUT2D eigenvalue weighted by Crippen LogP contribution is -2.32. The van der Waals surface area contributed by atoms with Gasteiger partial charge in [-0.1, -0.05) is 25.4 Å². The van der Waals surface area contributed by atoms with E-state index < -0.39 is 4.92 Å². The van der Waals surface area contributed by atoms with E-state index in [1.165, 1.54) is 12.1 Å². The van der Waals surface area contributed by atoms with E-state index in [2.05, 4.69) is 24.1 Å². The molecular weight excluding hydrogens is 278 g/mol. The maximum Gasteiger partial charge on any atom is 0.270 e. The zero-order valence-electron chi connectivity index (χ0n) is 12.1. The lowest BCUT2D eigenvalue weighted by molar-refractivity contribution is -0.384. The van der Waals surface area contributed by atoms with E-state index in [1.54, 1.807) is 6.07 Å². The third-order valence-electron chi connectivity index (χ3n) is 3.15. The molecule has 0 spiro atoms. The number of nitrogens with zero attached hydrogens (tertiary/aromatic N) is 2. The number of nitro groups is 1. The van der Waals surface area contributed by atoms with Crippen molar-refractivity contribution in [3.8, 4) is 0 Å². The predicted octanol–water partition coefficient (Wildman–Crippen LogP) is 3.07. The zero-order valence-corrected chi connectivity index (χ0v) is 12.8. The molecule has 0 heterocycles. The van der Waals surface area contributed by atoms with Gasteiger partial charge in [0, 0.05) is 31.8 Å². The van der Waals surface area contributed by atoms with Crippen molar-refractivity contribution in [3.05, 3.63) is 38.9 Å². The third-order valence-corrected chi connectivity index (χ3v) is 3.51. The van der Waals surface area contributed by atoms with Gasteiger partial charge in [-0.25, -0.2) is 0 Å². The van der Waals surface area contributed by atoms with Gasteiger partial charge in [-0.3, -0.25) is 10.1 Å². The van der Waals surface area contributed by atoms with Crippen LogP contribution in [0.3, 0.4) is 0 Å². The van der Waals surface area contributed by atoms with Crippen molar-refractivity contribution in [3.63, 3.8) is 0 Å². The van der Waals surface area contributed by atoms with Crippen LogP contribution in [0.15, 0.2) is 18.2 Å². The molecule has 6 heteroatoms. The summed E-state index contributed by atoms with van der Waals surface area (Å²) >= 11 is 6.04. The maximum atomic E-state index is 10.6. The van der Waals surface area contributed by atoms with Crippen molar-refractivity contribution in [2.24, 2.45) is 0 Å². The van der Waals surface area contributed by atoms with Crippen LogP contribution in [0.2, 0.25) is 5.02 Å². The molecule has 0 fully saturated rings. The Bertz CT molecular complexity index is 440. The van der Waals surface area contributed by atoms with E-state index in [-0.39, 0.29) is 5.69 Å². The van der Waals surface area contributed by atoms with E-state index in [0.717, 1.165) is 38.2 Å². The first-order valence-corrected chi connectivity index (χ1v) is 7.32. The molecule has 0 aliphatic rings. The lowest BCUT2D eigenvalue weighted by Gasteiger charge is -2.19. The first-order valence-electron chi connectivity index (χ1n) is 6.94. The fraction of sp³-hybridized carbons (Fsp3) is 0.571. The van der Waals surface area contributed by atoms with Crippen LogP contribution in [0, 0.1) is 10.1 Å². The largest absolute Gasteiger partial charge is 0.311 e. The Labute approximate surface area is 125 Å². The van der Waals surface area contributed by atoms with Gasteiger partial charge in [0.05, 0.1) is 9.95 Å². The number of likely N-dealkylation sites (N-methyl/N-ethyl adjacent to an activating group) is 1. The third kappa shape index (κ3) is 5.45. The Kier molecular flexibility index (Phi) is 7.51. The van der Waals surface area contributed by atoms with Crippen molar-refractivity contribution >= 4 is 17.3 Å². The van der Waals surface area contributed by atoms with E-state index in [1.807, 2.05) is 0 Å². The molecule has 0 aromatic heterocycles. The average molecular weight is 300 g/mol. The van der Waals surface area contributed by atoms with Crippen molar-refractivity contribution in [2.45, 2.75) is 26.8 Å². The van der Waals surface area contributed by atoms with Crippen molar-refractivity contribution in [1.82, 2.24) is 10.2 Å². The van der Waals surface area contributed by atoms with Crippen molar-refractivity contribution < 1.29 is 4.92 Å². The van der Waals surface area contributed by atoms with Gasteiger partial charge in [-0.2, -0.15) is 0 Å². The van der Waals surface area contributed by atoms with Crippen LogP contribution < -0.4 is 5.32 Å². The molecule has 0 radical (unpaired) electrons. The normalized spacial score (nSPS) is 11.0. The molecule has 1 rings (SSSR count). The highest BCUT2D eigenvalue weighted by molar-refractivity contribution is 6.31. The smallest absolute Gasteiger partial charge is 0.270 e. The van der Waals surface area contributed by atoms with E-state index in [9.17, 15) is 10.1 Å². The number of halogens is 1. The maximum absolute atomic E-state index is 10.6. The number of non-ortho nitro benzene ring substituents is 1. The molecule has 1 aromatic carbocycles.